The molecule has 0 radical (unpaired) electrons. The molecule has 4 aromatic carbocycles. The van der Waals surface area contributed by atoms with E-state index in [2.05, 4.69) is 93.8 Å². The molecule has 10 aromatic rings. The molecule has 0 amide bonds. The SMILES string of the molecule is Cc1cnn(C)c1-c1cnc2c3ccc(C(C)(C)O)cc3n(C(c3cccc(Cl)c3)C3CCOCC3)c2c1.Cc1cnn(C)c1-c1cnc2c3ccc(C(C)(C)O)cc3n(C(c3cccc(Cl)c3)C3CCOCC3)c2c1. The Hall–Kier alpha value is -6.38. The molecule has 0 aliphatic carbocycles. The van der Waals surface area contributed by atoms with Gasteiger partial charge in [0, 0.05) is 84.9 Å². The van der Waals surface area contributed by atoms with E-state index in [1.165, 1.54) is 11.1 Å². The van der Waals surface area contributed by atoms with Gasteiger partial charge in [-0.1, -0.05) is 71.7 Å². The molecular formula is C62H66Cl2N8O4. The van der Waals surface area contributed by atoms with Crippen LogP contribution in [0, 0.1) is 25.7 Å². The standard InChI is InChI=1S/2C31H33ClN4O2/c2*1-19-17-34-35(4)29(19)22-15-27-28(33-18-22)25-9-8-23(31(2,3)37)16-26(25)36(27)30(20-10-12-38-13-11-20)21-6-5-7-24(32)14-21/h2*5-9,14-18,20,30,37H,10-13H2,1-4H3. The van der Waals surface area contributed by atoms with Gasteiger partial charge in [0.15, 0.2) is 0 Å². The molecule has 12 rings (SSSR count). The number of halogens is 2. The number of aryl methyl sites for hydroxylation is 4. The van der Waals surface area contributed by atoms with Crippen LogP contribution in [0.1, 0.15) is 98.8 Å². The minimum Gasteiger partial charge on any atom is -0.386 e. The number of pyridine rings is 2. The Bertz CT molecular complexity index is 3490. The first-order chi connectivity index (χ1) is 36.4. The Morgan fingerprint density at radius 1 is 0.526 bits per heavy atom. The second-order valence-corrected chi connectivity index (χ2v) is 22.9. The maximum Gasteiger partial charge on any atom is 0.0960 e. The first-order valence-corrected chi connectivity index (χ1v) is 27.2. The van der Waals surface area contributed by atoms with Crippen molar-refractivity contribution in [2.75, 3.05) is 26.4 Å². The number of fused-ring (bicyclic) bond motifs is 6. The summed E-state index contributed by atoms with van der Waals surface area (Å²) >= 11 is 13.1. The highest BCUT2D eigenvalue weighted by molar-refractivity contribution is 6.31. The molecule has 2 fully saturated rings. The number of nitrogens with zero attached hydrogens (tertiary/aromatic N) is 8. The van der Waals surface area contributed by atoms with Crippen molar-refractivity contribution < 1.29 is 19.7 Å². The van der Waals surface area contributed by atoms with Crippen molar-refractivity contribution >= 4 is 67.1 Å². The number of benzene rings is 4. The van der Waals surface area contributed by atoms with Gasteiger partial charge in [-0.2, -0.15) is 10.2 Å². The first-order valence-electron chi connectivity index (χ1n) is 26.4. The number of ether oxygens (including phenoxy) is 2. The summed E-state index contributed by atoms with van der Waals surface area (Å²) in [6, 6.07) is 33.4. The lowest BCUT2D eigenvalue weighted by Crippen LogP contribution is -2.27. The molecule has 14 heteroatoms. The van der Waals surface area contributed by atoms with Gasteiger partial charge in [0.2, 0.25) is 0 Å². The highest BCUT2D eigenvalue weighted by Gasteiger charge is 2.34. The fourth-order valence-electron chi connectivity index (χ4n) is 12.1. The van der Waals surface area contributed by atoms with E-state index >= 15 is 0 Å². The maximum absolute atomic E-state index is 10.9. The lowest BCUT2D eigenvalue weighted by Gasteiger charge is -2.33. The fraction of sp³-hybridized carbons (Fsp3) is 0.355. The van der Waals surface area contributed by atoms with Gasteiger partial charge in [-0.25, -0.2) is 0 Å². The smallest absolute Gasteiger partial charge is 0.0960 e. The van der Waals surface area contributed by atoms with E-state index in [9.17, 15) is 10.2 Å². The van der Waals surface area contributed by atoms with E-state index in [1.54, 1.807) is 0 Å². The third-order valence-corrected chi connectivity index (χ3v) is 16.3. The second kappa shape index (κ2) is 20.5. The summed E-state index contributed by atoms with van der Waals surface area (Å²) < 4.78 is 20.2. The Balaban J connectivity index is 0.000000162. The number of rotatable bonds is 10. The van der Waals surface area contributed by atoms with Crippen LogP contribution in [0.3, 0.4) is 0 Å². The topological polar surface area (TPSA) is 130 Å². The fourth-order valence-corrected chi connectivity index (χ4v) is 12.5. The van der Waals surface area contributed by atoms with Crippen molar-refractivity contribution in [2.45, 2.75) is 90.5 Å². The molecule has 2 aliphatic rings. The number of aliphatic hydroxyl groups is 2. The van der Waals surface area contributed by atoms with Crippen LogP contribution < -0.4 is 0 Å². The molecule has 2 unspecified atom stereocenters. The van der Waals surface area contributed by atoms with Crippen molar-refractivity contribution in [1.29, 1.82) is 0 Å². The van der Waals surface area contributed by atoms with Crippen LogP contribution in [-0.4, -0.2) is 75.3 Å². The Labute approximate surface area is 453 Å². The lowest BCUT2D eigenvalue weighted by atomic mass is 9.86. The molecule has 2 N–H and O–H groups in total. The highest BCUT2D eigenvalue weighted by Crippen LogP contribution is 2.45. The normalized spacial score (nSPS) is 15.9. The van der Waals surface area contributed by atoms with Crippen LogP contribution in [0.2, 0.25) is 10.0 Å². The summed E-state index contributed by atoms with van der Waals surface area (Å²) in [6.07, 6.45) is 11.5. The van der Waals surface area contributed by atoms with Crippen LogP contribution in [-0.2, 0) is 34.8 Å². The summed E-state index contributed by atoms with van der Waals surface area (Å²) in [5, 5.41) is 34.4. The van der Waals surface area contributed by atoms with Gasteiger partial charge in [0.05, 0.1) is 80.2 Å². The molecule has 0 bridgehead atoms. The van der Waals surface area contributed by atoms with Gasteiger partial charge in [0.25, 0.3) is 0 Å². The first kappa shape index (κ1) is 51.7. The van der Waals surface area contributed by atoms with Gasteiger partial charge >= 0.3 is 0 Å². The molecular weight excluding hydrogens is 992 g/mol. The van der Waals surface area contributed by atoms with E-state index in [4.69, 9.17) is 42.6 Å². The summed E-state index contributed by atoms with van der Waals surface area (Å²) in [6.45, 7) is 14.4. The minimum atomic E-state index is -0.968. The van der Waals surface area contributed by atoms with Crippen molar-refractivity contribution in [2.24, 2.45) is 25.9 Å². The van der Waals surface area contributed by atoms with E-state index in [0.29, 0.717) is 11.8 Å². The average Bonchev–Trinajstić information content (AvgIpc) is 4.23. The second-order valence-electron chi connectivity index (χ2n) is 22.0. The van der Waals surface area contributed by atoms with Crippen LogP contribution in [0.4, 0.5) is 0 Å². The largest absolute Gasteiger partial charge is 0.386 e. The van der Waals surface area contributed by atoms with Gasteiger partial charge in [-0.3, -0.25) is 19.3 Å². The molecule has 2 atom stereocenters. The van der Waals surface area contributed by atoms with Crippen LogP contribution in [0.5, 0.6) is 0 Å². The van der Waals surface area contributed by atoms with E-state index in [-0.39, 0.29) is 12.1 Å². The predicted molar refractivity (Wildman–Crippen MR) is 305 cm³/mol. The highest BCUT2D eigenvalue weighted by atomic mass is 35.5. The summed E-state index contributed by atoms with van der Waals surface area (Å²) in [4.78, 5) is 10.0. The maximum atomic E-state index is 10.9. The van der Waals surface area contributed by atoms with Gasteiger partial charge in [-0.05, 0) is 161 Å². The van der Waals surface area contributed by atoms with Crippen molar-refractivity contribution in [3.63, 3.8) is 0 Å². The molecule has 0 saturated carbocycles. The molecule has 2 aliphatic heterocycles. The number of hydrogen-bond donors (Lipinski definition) is 2. The van der Waals surface area contributed by atoms with Crippen LogP contribution in [0.25, 0.3) is 66.4 Å². The van der Waals surface area contributed by atoms with Gasteiger partial charge in [0.1, 0.15) is 0 Å². The predicted octanol–water partition coefficient (Wildman–Crippen LogP) is 13.6. The quantitative estimate of drug-likeness (QED) is 0.138. The van der Waals surface area contributed by atoms with E-state index in [0.717, 1.165) is 151 Å². The zero-order valence-corrected chi connectivity index (χ0v) is 46.1. The Morgan fingerprint density at radius 3 is 1.26 bits per heavy atom. The average molecular weight is 1060 g/mol. The molecule has 392 valence electrons. The number of aromatic nitrogens is 8. The van der Waals surface area contributed by atoms with Crippen molar-refractivity contribution in [3.05, 3.63) is 165 Å². The lowest BCUT2D eigenvalue weighted by molar-refractivity contribution is 0.0551. The number of hydrogen-bond acceptors (Lipinski definition) is 8. The van der Waals surface area contributed by atoms with Gasteiger partial charge in [-0.15, -0.1) is 0 Å². The summed E-state index contributed by atoms with van der Waals surface area (Å²) in [7, 11) is 3.93. The zero-order chi connectivity index (χ0) is 53.2. The van der Waals surface area contributed by atoms with Crippen molar-refractivity contribution in [1.82, 2.24) is 38.7 Å². The third kappa shape index (κ3) is 9.73. The molecule has 8 heterocycles. The van der Waals surface area contributed by atoms with E-state index < -0.39 is 11.2 Å². The van der Waals surface area contributed by atoms with Crippen LogP contribution >= 0.6 is 23.2 Å². The molecule has 76 heavy (non-hydrogen) atoms. The van der Waals surface area contributed by atoms with Gasteiger partial charge < -0.3 is 28.8 Å². The zero-order valence-electron chi connectivity index (χ0n) is 44.6. The molecule has 2 saturated heterocycles. The minimum absolute atomic E-state index is 0.0272. The summed E-state index contributed by atoms with van der Waals surface area (Å²) in [5.41, 5.74) is 14.6. The molecule has 12 nitrogen and oxygen atoms in total. The summed E-state index contributed by atoms with van der Waals surface area (Å²) in [5.74, 6) is 0.711. The molecule has 6 aromatic heterocycles. The molecule has 0 spiro atoms. The third-order valence-electron chi connectivity index (χ3n) is 15.8. The Morgan fingerprint density at radius 2 is 0.921 bits per heavy atom. The van der Waals surface area contributed by atoms with Crippen LogP contribution in [0.15, 0.2) is 122 Å². The Kier molecular flexibility index (Phi) is 14.0. The van der Waals surface area contributed by atoms with E-state index in [1.807, 2.05) is 112 Å². The monoisotopic (exact) mass is 1060 g/mol. The van der Waals surface area contributed by atoms with Crippen molar-refractivity contribution in [3.8, 4) is 22.5 Å².